The first-order chi connectivity index (χ1) is 7.46. The minimum Gasteiger partial charge on any atom is -0.493 e. The van der Waals surface area contributed by atoms with Gasteiger partial charge < -0.3 is 15.2 Å². The number of hydrogen-bond donors (Lipinski definition) is 1. The van der Waals surface area contributed by atoms with Gasteiger partial charge in [0.05, 0.1) is 14.2 Å². The van der Waals surface area contributed by atoms with E-state index >= 15 is 0 Å². The molecule has 1 atom stereocenters. The van der Waals surface area contributed by atoms with Gasteiger partial charge in [-0.05, 0) is 37.1 Å². The van der Waals surface area contributed by atoms with Gasteiger partial charge in [0, 0.05) is 6.54 Å². The number of halogens is 1. The van der Waals surface area contributed by atoms with E-state index in [1.807, 2.05) is 6.92 Å². The summed E-state index contributed by atoms with van der Waals surface area (Å²) < 4.78 is 24.4. The maximum atomic E-state index is 14.1. The van der Waals surface area contributed by atoms with Gasteiger partial charge in [0.25, 0.3) is 0 Å². The monoisotopic (exact) mass is 227 g/mol. The van der Waals surface area contributed by atoms with E-state index in [0.29, 0.717) is 17.1 Å². The lowest BCUT2D eigenvalue weighted by molar-refractivity contribution is 0.201. The van der Waals surface area contributed by atoms with Crippen LogP contribution in [0, 0.1) is 6.92 Å². The third-order valence-electron chi connectivity index (χ3n) is 2.68. The Hall–Kier alpha value is -1.29. The summed E-state index contributed by atoms with van der Waals surface area (Å²) in [5.74, 6) is 1.11. The molecule has 0 amide bonds. The highest BCUT2D eigenvalue weighted by Crippen LogP contribution is 2.36. The van der Waals surface area contributed by atoms with E-state index in [9.17, 15) is 4.39 Å². The van der Waals surface area contributed by atoms with Gasteiger partial charge in [0.2, 0.25) is 0 Å². The highest BCUT2D eigenvalue weighted by molar-refractivity contribution is 5.48. The molecule has 3 nitrogen and oxygen atoms in total. The summed E-state index contributed by atoms with van der Waals surface area (Å²) in [6.45, 7) is 3.22. The number of ether oxygens (including phenoxy) is 2. The standard InChI is InChI=1S/C12H18FNO2/c1-8-5-10(15-3)11(16-4)6-9(8)12(2,13)7-14/h5-6H,7,14H2,1-4H3. The first-order valence-electron chi connectivity index (χ1n) is 5.08. The van der Waals surface area contributed by atoms with Crippen molar-refractivity contribution in [2.45, 2.75) is 19.5 Å². The zero-order chi connectivity index (χ0) is 12.3. The van der Waals surface area contributed by atoms with Gasteiger partial charge >= 0.3 is 0 Å². The molecule has 0 aliphatic rings. The van der Waals surface area contributed by atoms with Gasteiger partial charge in [0.15, 0.2) is 11.5 Å². The van der Waals surface area contributed by atoms with E-state index < -0.39 is 5.67 Å². The molecule has 1 rings (SSSR count). The molecule has 0 bridgehead atoms. The van der Waals surface area contributed by atoms with Crippen LogP contribution >= 0.6 is 0 Å². The average molecular weight is 227 g/mol. The van der Waals surface area contributed by atoms with Crippen LogP contribution in [0.4, 0.5) is 4.39 Å². The Morgan fingerprint density at radius 2 is 1.75 bits per heavy atom. The summed E-state index contributed by atoms with van der Waals surface area (Å²) >= 11 is 0. The maximum absolute atomic E-state index is 14.1. The predicted molar refractivity (Wildman–Crippen MR) is 61.8 cm³/mol. The summed E-state index contributed by atoms with van der Waals surface area (Å²) in [5, 5.41) is 0. The SMILES string of the molecule is COc1cc(C)c(C(C)(F)CN)cc1OC. The zero-order valence-corrected chi connectivity index (χ0v) is 10.1. The Balaban J connectivity index is 3.32. The van der Waals surface area contributed by atoms with Crippen LogP contribution in [0.25, 0.3) is 0 Å². The second kappa shape index (κ2) is 4.70. The van der Waals surface area contributed by atoms with Crippen molar-refractivity contribution in [1.29, 1.82) is 0 Å². The summed E-state index contributed by atoms with van der Waals surface area (Å²) in [5.41, 5.74) is 5.20. The number of rotatable bonds is 4. The van der Waals surface area contributed by atoms with Crippen LogP contribution in [0.15, 0.2) is 12.1 Å². The summed E-state index contributed by atoms with van der Waals surface area (Å²) in [4.78, 5) is 0. The lowest BCUT2D eigenvalue weighted by Gasteiger charge is -2.22. The minimum absolute atomic E-state index is 0.0661. The van der Waals surface area contributed by atoms with Gasteiger partial charge in [-0.3, -0.25) is 0 Å². The Morgan fingerprint density at radius 1 is 1.25 bits per heavy atom. The van der Waals surface area contributed by atoms with Crippen LogP contribution in [0.3, 0.4) is 0 Å². The minimum atomic E-state index is -1.55. The summed E-state index contributed by atoms with van der Waals surface area (Å²) in [7, 11) is 3.07. The van der Waals surface area contributed by atoms with Crippen molar-refractivity contribution >= 4 is 0 Å². The van der Waals surface area contributed by atoms with Crippen molar-refractivity contribution < 1.29 is 13.9 Å². The Morgan fingerprint density at radius 3 is 2.19 bits per heavy atom. The molecule has 1 unspecified atom stereocenters. The number of nitrogens with two attached hydrogens (primary N) is 1. The summed E-state index contributed by atoms with van der Waals surface area (Å²) in [6, 6.07) is 3.39. The number of alkyl halides is 1. The van der Waals surface area contributed by atoms with Crippen molar-refractivity contribution in [3.8, 4) is 11.5 Å². The first-order valence-corrected chi connectivity index (χ1v) is 5.08. The molecule has 0 spiro atoms. The Kier molecular flexibility index (Phi) is 3.75. The molecule has 0 aliphatic heterocycles. The molecule has 1 aromatic carbocycles. The largest absolute Gasteiger partial charge is 0.493 e. The Labute approximate surface area is 95.4 Å². The normalized spacial score (nSPS) is 14.4. The van der Waals surface area contributed by atoms with Gasteiger partial charge in [0.1, 0.15) is 5.67 Å². The lowest BCUT2D eigenvalue weighted by atomic mass is 9.93. The van der Waals surface area contributed by atoms with Gasteiger partial charge in [-0.1, -0.05) is 0 Å². The fourth-order valence-electron chi connectivity index (χ4n) is 1.65. The highest BCUT2D eigenvalue weighted by Gasteiger charge is 2.27. The topological polar surface area (TPSA) is 44.5 Å². The van der Waals surface area contributed by atoms with Crippen LogP contribution in [0.2, 0.25) is 0 Å². The quantitative estimate of drug-likeness (QED) is 0.857. The molecule has 0 aromatic heterocycles. The summed E-state index contributed by atoms with van der Waals surface area (Å²) in [6.07, 6.45) is 0. The van der Waals surface area contributed by atoms with Gasteiger partial charge in [-0.15, -0.1) is 0 Å². The van der Waals surface area contributed by atoms with E-state index in [1.165, 1.54) is 14.0 Å². The number of aryl methyl sites for hydroxylation is 1. The fourth-order valence-corrected chi connectivity index (χ4v) is 1.65. The van der Waals surface area contributed by atoms with E-state index in [0.717, 1.165) is 5.56 Å². The molecular formula is C12H18FNO2. The van der Waals surface area contributed by atoms with Crippen molar-refractivity contribution in [1.82, 2.24) is 0 Å². The molecule has 16 heavy (non-hydrogen) atoms. The molecule has 4 heteroatoms. The number of methoxy groups -OCH3 is 2. The molecule has 90 valence electrons. The molecule has 0 fully saturated rings. The molecule has 0 heterocycles. The first kappa shape index (κ1) is 12.8. The average Bonchev–Trinajstić information content (AvgIpc) is 2.28. The molecule has 0 saturated carbocycles. The zero-order valence-electron chi connectivity index (χ0n) is 10.1. The molecule has 1 aromatic rings. The van der Waals surface area contributed by atoms with Crippen molar-refractivity contribution in [3.05, 3.63) is 23.3 Å². The predicted octanol–water partition coefficient (Wildman–Crippen LogP) is 2.16. The van der Waals surface area contributed by atoms with E-state index in [2.05, 4.69) is 0 Å². The van der Waals surface area contributed by atoms with E-state index in [4.69, 9.17) is 15.2 Å². The third-order valence-corrected chi connectivity index (χ3v) is 2.68. The second-order valence-electron chi connectivity index (χ2n) is 3.92. The number of benzene rings is 1. The third kappa shape index (κ3) is 2.27. The van der Waals surface area contributed by atoms with Crippen molar-refractivity contribution in [3.63, 3.8) is 0 Å². The number of hydrogen-bond acceptors (Lipinski definition) is 3. The molecular weight excluding hydrogens is 209 g/mol. The Bertz CT molecular complexity index is 378. The van der Waals surface area contributed by atoms with Crippen LogP contribution in [0.5, 0.6) is 11.5 Å². The molecule has 0 aliphatic carbocycles. The van der Waals surface area contributed by atoms with Crippen LogP contribution in [-0.4, -0.2) is 20.8 Å². The molecule has 0 saturated heterocycles. The lowest BCUT2D eigenvalue weighted by Crippen LogP contribution is -2.27. The smallest absolute Gasteiger partial charge is 0.161 e. The second-order valence-corrected chi connectivity index (χ2v) is 3.92. The fraction of sp³-hybridized carbons (Fsp3) is 0.500. The van der Waals surface area contributed by atoms with E-state index in [1.54, 1.807) is 19.2 Å². The van der Waals surface area contributed by atoms with E-state index in [-0.39, 0.29) is 6.54 Å². The highest BCUT2D eigenvalue weighted by atomic mass is 19.1. The molecule has 0 radical (unpaired) electrons. The van der Waals surface area contributed by atoms with Gasteiger partial charge in [-0.2, -0.15) is 0 Å². The van der Waals surface area contributed by atoms with Crippen LogP contribution in [-0.2, 0) is 5.67 Å². The van der Waals surface area contributed by atoms with Gasteiger partial charge in [-0.25, -0.2) is 4.39 Å². The van der Waals surface area contributed by atoms with Crippen molar-refractivity contribution in [2.24, 2.45) is 5.73 Å². The van der Waals surface area contributed by atoms with Crippen LogP contribution < -0.4 is 15.2 Å². The van der Waals surface area contributed by atoms with Crippen molar-refractivity contribution in [2.75, 3.05) is 20.8 Å². The maximum Gasteiger partial charge on any atom is 0.161 e. The molecule has 2 N–H and O–H groups in total. The van der Waals surface area contributed by atoms with Crippen LogP contribution in [0.1, 0.15) is 18.1 Å².